The Morgan fingerprint density at radius 1 is 1.45 bits per heavy atom. The fourth-order valence-corrected chi connectivity index (χ4v) is 3.07. The van der Waals surface area contributed by atoms with E-state index in [1.165, 1.54) is 0 Å². The Kier molecular flexibility index (Phi) is 3.85. The third-order valence-corrected chi connectivity index (χ3v) is 4.50. The van der Waals surface area contributed by atoms with Gasteiger partial charge >= 0.3 is 6.03 Å². The molecule has 1 aliphatic carbocycles. The van der Waals surface area contributed by atoms with Crippen LogP contribution in [0.25, 0.3) is 0 Å². The minimum atomic E-state index is -0.259. The van der Waals surface area contributed by atoms with Gasteiger partial charge in [-0.3, -0.25) is 4.79 Å². The molecular weight excluding hydrogens is 282 g/mol. The Bertz CT molecular complexity index is 583. The number of urea groups is 1. The van der Waals surface area contributed by atoms with E-state index in [1.54, 1.807) is 0 Å². The third-order valence-electron chi connectivity index (χ3n) is 4.50. The van der Waals surface area contributed by atoms with Crippen molar-refractivity contribution in [2.45, 2.75) is 51.7 Å². The molecule has 1 saturated carbocycles. The number of rotatable bonds is 4. The number of nitrogens with one attached hydrogen (secondary N) is 2. The van der Waals surface area contributed by atoms with Gasteiger partial charge in [0.1, 0.15) is 11.5 Å². The molecular formula is C16H23N3O3. The standard InChI is InChI=1S/C16H23N3O3/c1-9-6-13(9)19-8-12(7-15(19)20)18-16(21)17-11(3)14-5-4-10(2)22-14/h4-5,9,11-13H,6-8H2,1-3H3,(H2,17,18,21)/t9-,11-,12+,13+/m0/s1. The average Bonchev–Trinajstić information content (AvgIpc) is 2.82. The van der Waals surface area contributed by atoms with Crippen LogP contribution in [0.3, 0.4) is 0 Å². The number of nitrogens with zero attached hydrogens (tertiary/aromatic N) is 1. The number of carbonyl (C=O) groups is 2. The van der Waals surface area contributed by atoms with Crippen LogP contribution in [0.2, 0.25) is 0 Å². The maximum atomic E-state index is 12.1. The lowest BCUT2D eigenvalue weighted by molar-refractivity contribution is -0.128. The quantitative estimate of drug-likeness (QED) is 0.893. The van der Waals surface area contributed by atoms with Gasteiger partial charge in [-0.15, -0.1) is 0 Å². The number of aryl methyl sites for hydroxylation is 1. The minimum absolute atomic E-state index is 0.106. The summed E-state index contributed by atoms with van der Waals surface area (Å²) in [5.74, 6) is 2.29. The largest absolute Gasteiger partial charge is 0.464 e. The highest BCUT2D eigenvalue weighted by molar-refractivity contribution is 5.82. The Balaban J connectivity index is 1.49. The average molecular weight is 305 g/mol. The van der Waals surface area contributed by atoms with Crippen molar-refractivity contribution in [1.29, 1.82) is 0 Å². The van der Waals surface area contributed by atoms with Gasteiger partial charge in [0, 0.05) is 19.0 Å². The van der Waals surface area contributed by atoms with Crippen LogP contribution in [0.15, 0.2) is 16.5 Å². The number of hydrogen-bond donors (Lipinski definition) is 2. The molecule has 3 amide bonds. The lowest BCUT2D eigenvalue weighted by Gasteiger charge is -2.18. The second-order valence-corrected chi connectivity index (χ2v) is 6.52. The van der Waals surface area contributed by atoms with E-state index in [4.69, 9.17) is 4.42 Å². The van der Waals surface area contributed by atoms with Crippen molar-refractivity contribution in [1.82, 2.24) is 15.5 Å². The second kappa shape index (κ2) is 5.66. The second-order valence-electron chi connectivity index (χ2n) is 6.52. The molecule has 120 valence electrons. The van der Waals surface area contributed by atoms with Crippen molar-refractivity contribution in [3.8, 4) is 0 Å². The first-order chi connectivity index (χ1) is 10.4. The van der Waals surface area contributed by atoms with E-state index in [2.05, 4.69) is 17.6 Å². The van der Waals surface area contributed by atoms with E-state index in [0.29, 0.717) is 24.9 Å². The first kappa shape index (κ1) is 14.9. The molecule has 3 rings (SSSR count). The third kappa shape index (κ3) is 3.10. The van der Waals surface area contributed by atoms with E-state index in [1.807, 2.05) is 30.9 Å². The van der Waals surface area contributed by atoms with Gasteiger partial charge in [0.2, 0.25) is 5.91 Å². The number of carbonyl (C=O) groups excluding carboxylic acids is 2. The summed E-state index contributed by atoms with van der Waals surface area (Å²) in [6.07, 6.45) is 1.48. The fraction of sp³-hybridized carbons (Fsp3) is 0.625. The molecule has 1 aliphatic heterocycles. The Hall–Kier alpha value is -1.98. The summed E-state index contributed by atoms with van der Waals surface area (Å²) in [7, 11) is 0. The zero-order chi connectivity index (χ0) is 15.9. The van der Waals surface area contributed by atoms with E-state index in [-0.39, 0.29) is 24.0 Å². The Morgan fingerprint density at radius 2 is 2.18 bits per heavy atom. The predicted octanol–water partition coefficient (Wildman–Crippen LogP) is 1.96. The number of likely N-dealkylation sites (tertiary alicyclic amines) is 1. The van der Waals surface area contributed by atoms with Crippen molar-refractivity contribution < 1.29 is 14.0 Å². The van der Waals surface area contributed by atoms with Crippen LogP contribution in [-0.2, 0) is 4.79 Å². The summed E-state index contributed by atoms with van der Waals surface area (Å²) in [5, 5.41) is 5.74. The molecule has 1 aromatic heterocycles. The van der Waals surface area contributed by atoms with Gasteiger partial charge in [0.05, 0.1) is 12.1 Å². The maximum Gasteiger partial charge on any atom is 0.315 e. The summed E-state index contributed by atoms with van der Waals surface area (Å²) in [4.78, 5) is 25.9. The molecule has 1 saturated heterocycles. The van der Waals surface area contributed by atoms with Crippen LogP contribution in [0.4, 0.5) is 4.79 Å². The molecule has 0 spiro atoms. The molecule has 6 heteroatoms. The molecule has 0 unspecified atom stereocenters. The van der Waals surface area contributed by atoms with E-state index in [9.17, 15) is 9.59 Å². The highest BCUT2D eigenvalue weighted by Gasteiger charge is 2.44. The zero-order valence-electron chi connectivity index (χ0n) is 13.3. The first-order valence-electron chi connectivity index (χ1n) is 7.87. The predicted molar refractivity (Wildman–Crippen MR) is 81.2 cm³/mol. The van der Waals surface area contributed by atoms with Gasteiger partial charge in [-0.2, -0.15) is 0 Å². The normalized spacial score (nSPS) is 28.6. The molecule has 2 aliphatic rings. The van der Waals surface area contributed by atoms with Crippen LogP contribution in [0.1, 0.15) is 44.3 Å². The van der Waals surface area contributed by atoms with Crippen molar-refractivity contribution >= 4 is 11.9 Å². The molecule has 2 fully saturated rings. The fourth-order valence-electron chi connectivity index (χ4n) is 3.07. The van der Waals surface area contributed by atoms with Gasteiger partial charge in [-0.1, -0.05) is 6.92 Å². The molecule has 4 atom stereocenters. The number of amides is 3. The summed E-state index contributed by atoms with van der Waals surface area (Å²) in [6, 6.07) is 3.54. The van der Waals surface area contributed by atoms with Gasteiger partial charge in [-0.25, -0.2) is 4.79 Å². The molecule has 6 nitrogen and oxygen atoms in total. The molecule has 0 radical (unpaired) electrons. The van der Waals surface area contributed by atoms with E-state index in [0.717, 1.165) is 17.9 Å². The number of furan rings is 1. The Morgan fingerprint density at radius 3 is 2.77 bits per heavy atom. The molecule has 22 heavy (non-hydrogen) atoms. The number of hydrogen-bond acceptors (Lipinski definition) is 3. The van der Waals surface area contributed by atoms with Crippen molar-refractivity contribution in [2.75, 3.05) is 6.54 Å². The molecule has 1 aromatic rings. The molecule has 0 aromatic carbocycles. The summed E-state index contributed by atoms with van der Waals surface area (Å²) in [6.45, 7) is 6.51. The van der Waals surface area contributed by atoms with E-state index < -0.39 is 0 Å². The van der Waals surface area contributed by atoms with Crippen LogP contribution in [0, 0.1) is 12.8 Å². The first-order valence-corrected chi connectivity index (χ1v) is 7.87. The smallest absolute Gasteiger partial charge is 0.315 e. The SMILES string of the molecule is Cc1ccc([C@H](C)NC(=O)N[C@@H]2CC(=O)N([C@@H]3C[C@@H]3C)C2)o1. The van der Waals surface area contributed by atoms with Gasteiger partial charge in [-0.05, 0) is 38.3 Å². The molecule has 2 N–H and O–H groups in total. The summed E-state index contributed by atoms with van der Waals surface area (Å²) in [5.41, 5.74) is 0. The van der Waals surface area contributed by atoms with Gasteiger partial charge in [0.15, 0.2) is 0 Å². The van der Waals surface area contributed by atoms with Crippen LogP contribution in [0.5, 0.6) is 0 Å². The topological polar surface area (TPSA) is 74.6 Å². The highest BCUT2D eigenvalue weighted by atomic mass is 16.3. The lowest BCUT2D eigenvalue weighted by Crippen LogP contribution is -2.44. The van der Waals surface area contributed by atoms with Crippen LogP contribution < -0.4 is 10.6 Å². The van der Waals surface area contributed by atoms with Crippen molar-refractivity contribution in [3.63, 3.8) is 0 Å². The summed E-state index contributed by atoms with van der Waals surface area (Å²) < 4.78 is 5.50. The van der Waals surface area contributed by atoms with Gasteiger partial charge in [0.25, 0.3) is 0 Å². The molecule has 2 heterocycles. The maximum absolute atomic E-state index is 12.1. The minimum Gasteiger partial charge on any atom is -0.464 e. The van der Waals surface area contributed by atoms with Crippen molar-refractivity contribution in [3.05, 3.63) is 23.7 Å². The van der Waals surface area contributed by atoms with Crippen molar-refractivity contribution in [2.24, 2.45) is 5.92 Å². The van der Waals surface area contributed by atoms with Crippen LogP contribution >= 0.6 is 0 Å². The monoisotopic (exact) mass is 305 g/mol. The lowest BCUT2D eigenvalue weighted by atomic mass is 10.2. The van der Waals surface area contributed by atoms with Crippen LogP contribution in [-0.4, -0.2) is 35.5 Å². The van der Waals surface area contributed by atoms with Gasteiger partial charge < -0.3 is 20.0 Å². The highest BCUT2D eigenvalue weighted by Crippen LogP contribution is 2.37. The zero-order valence-corrected chi connectivity index (χ0v) is 13.3. The molecule has 0 bridgehead atoms. The summed E-state index contributed by atoms with van der Waals surface area (Å²) >= 11 is 0. The Labute approximate surface area is 130 Å². The van der Waals surface area contributed by atoms with E-state index >= 15 is 0 Å².